The molecule has 0 aliphatic carbocycles. The lowest BCUT2D eigenvalue weighted by Crippen LogP contribution is -2.02. The Kier molecular flexibility index (Phi) is 3.19. The van der Waals surface area contributed by atoms with Crippen molar-refractivity contribution in [2.45, 2.75) is 13.5 Å². The van der Waals surface area contributed by atoms with Gasteiger partial charge in [-0.05, 0) is 25.1 Å². The number of carboxylic acids is 1. The summed E-state index contributed by atoms with van der Waals surface area (Å²) in [5.74, 6) is -0.989. The molecule has 7 heteroatoms. The fourth-order valence-corrected chi connectivity index (χ4v) is 3.04. The highest BCUT2D eigenvalue weighted by atomic mass is 35.5. The number of aromatic nitrogens is 3. The van der Waals surface area contributed by atoms with Crippen molar-refractivity contribution in [1.29, 1.82) is 0 Å². The van der Waals surface area contributed by atoms with Crippen LogP contribution in [-0.2, 0) is 6.54 Å². The van der Waals surface area contributed by atoms with Gasteiger partial charge in [-0.3, -0.25) is 0 Å². The quantitative estimate of drug-likeness (QED) is 0.803. The minimum atomic E-state index is -0.989. The largest absolute Gasteiger partial charge is 0.478 e. The molecule has 20 heavy (non-hydrogen) atoms. The van der Waals surface area contributed by atoms with E-state index in [1.54, 1.807) is 23.0 Å². The number of halogens is 1. The number of hydrogen-bond donors (Lipinski definition) is 1. The molecule has 0 atom stereocenters. The summed E-state index contributed by atoms with van der Waals surface area (Å²) < 4.78 is 2.32. The Morgan fingerprint density at radius 3 is 2.90 bits per heavy atom. The average Bonchev–Trinajstić information content (AvgIpc) is 3.03. The topological polar surface area (TPSA) is 68.0 Å². The monoisotopic (exact) mass is 307 g/mol. The molecule has 0 saturated heterocycles. The zero-order valence-electron chi connectivity index (χ0n) is 10.5. The second-order valence-electron chi connectivity index (χ2n) is 4.16. The van der Waals surface area contributed by atoms with Gasteiger partial charge in [0, 0.05) is 6.54 Å². The third-order valence-electron chi connectivity index (χ3n) is 2.96. The van der Waals surface area contributed by atoms with E-state index in [1.165, 1.54) is 11.3 Å². The number of hydrogen-bond acceptors (Lipinski definition) is 4. The summed E-state index contributed by atoms with van der Waals surface area (Å²) in [6.07, 6.45) is 1.54. The molecule has 0 aliphatic heterocycles. The molecule has 0 spiro atoms. The molecule has 0 aliphatic rings. The Hall–Kier alpha value is -1.92. The maximum atomic E-state index is 11.4. The van der Waals surface area contributed by atoms with Crippen LogP contribution < -0.4 is 0 Å². The molecule has 0 unspecified atom stereocenters. The molecule has 5 nitrogen and oxygen atoms in total. The first-order valence-electron chi connectivity index (χ1n) is 5.95. The molecule has 0 aromatic carbocycles. The number of nitrogens with zero attached hydrogens (tertiary/aromatic N) is 3. The van der Waals surface area contributed by atoms with Gasteiger partial charge in [0.2, 0.25) is 0 Å². The van der Waals surface area contributed by atoms with E-state index in [0.29, 0.717) is 27.6 Å². The van der Waals surface area contributed by atoms with Crippen molar-refractivity contribution in [3.8, 4) is 10.6 Å². The van der Waals surface area contributed by atoms with Crippen LogP contribution in [0, 0.1) is 0 Å². The smallest absolute Gasteiger partial charge is 0.336 e. The van der Waals surface area contributed by atoms with Crippen LogP contribution in [0.5, 0.6) is 0 Å². The molecule has 1 N–H and O–H groups in total. The normalized spacial score (nSPS) is 11.1. The number of aryl methyl sites for hydroxylation is 1. The summed E-state index contributed by atoms with van der Waals surface area (Å²) in [5, 5.41) is 14.1. The van der Waals surface area contributed by atoms with Gasteiger partial charge >= 0.3 is 5.97 Å². The van der Waals surface area contributed by atoms with E-state index in [-0.39, 0.29) is 5.56 Å². The molecule has 0 saturated carbocycles. The number of pyridine rings is 1. The molecule has 0 radical (unpaired) electrons. The molecule has 0 fully saturated rings. The van der Waals surface area contributed by atoms with Crippen LogP contribution in [0.25, 0.3) is 21.6 Å². The van der Waals surface area contributed by atoms with Crippen molar-refractivity contribution in [1.82, 2.24) is 14.8 Å². The van der Waals surface area contributed by atoms with E-state index in [1.807, 2.05) is 13.0 Å². The zero-order valence-corrected chi connectivity index (χ0v) is 12.1. The second-order valence-corrected chi connectivity index (χ2v) is 5.88. The lowest BCUT2D eigenvalue weighted by Gasteiger charge is -2.04. The molecule has 3 aromatic heterocycles. The van der Waals surface area contributed by atoms with Crippen molar-refractivity contribution in [3.63, 3.8) is 0 Å². The minimum absolute atomic E-state index is 0.203. The standard InChI is InChI=1S/C13H10ClN3O2S/c1-2-17-12-8(6-15-17)7(13(18)19)5-9(16-12)10-3-4-11(14)20-10/h3-6H,2H2,1H3,(H,18,19). The fourth-order valence-electron chi connectivity index (χ4n) is 2.03. The maximum Gasteiger partial charge on any atom is 0.336 e. The van der Waals surface area contributed by atoms with Crippen molar-refractivity contribution in [2.24, 2.45) is 0 Å². The number of carboxylic acid groups (broad SMARTS) is 1. The maximum absolute atomic E-state index is 11.4. The van der Waals surface area contributed by atoms with Gasteiger partial charge < -0.3 is 5.11 Å². The molecular formula is C13H10ClN3O2S. The highest BCUT2D eigenvalue weighted by Gasteiger charge is 2.17. The van der Waals surface area contributed by atoms with Gasteiger partial charge in [-0.25, -0.2) is 14.5 Å². The summed E-state index contributed by atoms with van der Waals surface area (Å²) in [4.78, 5) is 16.8. The van der Waals surface area contributed by atoms with E-state index in [2.05, 4.69) is 10.1 Å². The van der Waals surface area contributed by atoms with Crippen molar-refractivity contribution >= 4 is 39.9 Å². The first kappa shape index (κ1) is 13.1. The number of fused-ring (bicyclic) bond motifs is 1. The summed E-state index contributed by atoms with van der Waals surface area (Å²) >= 11 is 7.29. The number of rotatable bonds is 3. The number of thiophene rings is 1. The van der Waals surface area contributed by atoms with Gasteiger partial charge in [0.25, 0.3) is 0 Å². The Bertz CT molecular complexity index is 809. The van der Waals surface area contributed by atoms with Crippen LogP contribution in [0.2, 0.25) is 4.34 Å². The Morgan fingerprint density at radius 2 is 2.30 bits per heavy atom. The Morgan fingerprint density at radius 1 is 1.50 bits per heavy atom. The molecular weight excluding hydrogens is 298 g/mol. The highest BCUT2D eigenvalue weighted by Crippen LogP contribution is 2.32. The first-order valence-corrected chi connectivity index (χ1v) is 7.15. The molecule has 102 valence electrons. The zero-order chi connectivity index (χ0) is 14.3. The van der Waals surface area contributed by atoms with Gasteiger partial charge in [-0.1, -0.05) is 11.6 Å². The highest BCUT2D eigenvalue weighted by molar-refractivity contribution is 7.19. The molecule has 0 amide bonds. The predicted molar refractivity (Wildman–Crippen MR) is 78.5 cm³/mol. The average molecular weight is 308 g/mol. The third-order valence-corrected chi connectivity index (χ3v) is 4.22. The van der Waals surface area contributed by atoms with Gasteiger partial charge in [0.05, 0.1) is 32.1 Å². The van der Waals surface area contributed by atoms with Gasteiger partial charge in [0.1, 0.15) is 0 Å². The van der Waals surface area contributed by atoms with Crippen molar-refractivity contribution in [2.75, 3.05) is 0 Å². The van der Waals surface area contributed by atoms with Gasteiger partial charge in [0.15, 0.2) is 5.65 Å². The number of carbonyl (C=O) groups is 1. The van der Waals surface area contributed by atoms with Crippen molar-refractivity contribution < 1.29 is 9.90 Å². The van der Waals surface area contributed by atoms with E-state index in [0.717, 1.165) is 4.88 Å². The second kappa shape index (κ2) is 4.88. The third kappa shape index (κ3) is 2.07. The van der Waals surface area contributed by atoms with Crippen LogP contribution in [0.15, 0.2) is 24.4 Å². The molecule has 0 bridgehead atoms. The van der Waals surface area contributed by atoms with Gasteiger partial charge in [-0.15, -0.1) is 11.3 Å². The predicted octanol–water partition coefficient (Wildman–Crippen LogP) is 3.53. The lowest BCUT2D eigenvalue weighted by molar-refractivity contribution is 0.0699. The van der Waals surface area contributed by atoms with Crippen LogP contribution >= 0.6 is 22.9 Å². The molecule has 3 rings (SSSR count). The first-order chi connectivity index (χ1) is 9.60. The van der Waals surface area contributed by atoms with Gasteiger partial charge in [-0.2, -0.15) is 5.10 Å². The molecule has 3 aromatic rings. The Balaban J connectivity index is 2.31. The number of aromatic carboxylic acids is 1. The van der Waals surface area contributed by atoms with Crippen LogP contribution in [-0.4, -0.2) is 25.8 Å². The fraction of sp³-hybridized carbons (Fsp3) is 0.154. The lowest BCUT2D eigenvalue weighted by atomic mass is 10.1. The summed E-state index contributed by atoms with van der Waals surface area (Å²) in [6, 6.07) is 5.17. The summed E-state index contributed by atoms with van der Waals surface area (Å²) in [6.45, 7) is 2.56. The van der Waals surface area contributed by atoms with E-state index >= 15 is 0 Å². The minimum Gasteiger partial charge on any atom is -0.478 e. The summed E-state index contributed by atoms with van der Waals surface area (Å²) in [7, 11) is 0. The Labute approximate surface area is 123 Å². The van der Waals surface area contributed by atoms with Crippen LogP contribution in [0.3, 0.4) is 0 Å². The molecule has 3 heterocycles. The summed E-state index contributed by atoms with van der Waals surface area (Å²) in [5.41, 5.74) is 1.38. The van der Waals surface area contributed by atoms with Crippen LogP contribution in [0.4, 0.5) is 0 Å². The van der Waals surface area contributed by atoms with Crippen molar-refractivity contribution in [3.05, 3.63) is 34.3 Å². The van der Waals surface area contributed by atoms with Crippen LogP contribution in [0.1, 0.15) is 17.3 Å². The SMILES string of the molecule is CCn1ncc2c(C(=O)O)cc(-c3ccc(Cl)s3)nc21. The van der Waals surface area contributed by atoms with E-state index in [4.69, 9.17) is 11.6 Å². The van der Waals surface area contributed by atoms with E-state index in [9.17, 15) is 9.90 Å². The van der Waals surface area contributed by atoms with E-state index < -0.39 is 5.97 Å².